The molecular formula is C19H19NO. The van der Waals surface area contributed by atoms with Gasteiger partial charge in [0.25, 0.3) is 0 Å². The lowest BCUT2D eigenvalue weighted by Gasteiger charge is -2.22. The maximum Gasteiger partial charge on any atom is 0.223 e. The highest BCUT2D eigenvalue weighted by molar-refractivity contribution is 5.81. The molecule has 1 amide bonds. The van der Waals surface area contributed by atoms with Gasteiger partial charge in [-0.15, -0.1) is 0 Å². The molecule has 0 aromatic heterocycles. The molecule has 2 aromatic rings. The Balaban J connectivity index is 1.87. The molecule has 2 nitrogen and oxygen atoms in total. The molecule has 2 aromatic carbocycles. The van der Waals surface area contributed by atoms with Gasteiger partial charge in [-0.05, 0) is 11.1 Å². The van der Waals surface area contributed by atoms with E-state index in [-0.39, 0.29) is 17.9 Å². The molecule has 3 rings (SSSR count). The molecule has 0 spiro atoms. The topological polar surface area (TPSA) is 20.3 Å². The zero-order valence-electron chi connectivity index (χ0n) is 12.1. The SMILES string of the molecule is CN1C(=O)C[C@H](c2ccccc2)[C@@H]1/C=C/c1ccccc1. The van der Waals surface area contributed by atoms with Crippen molar-refractivity contribution in [3.63, 3.8) is 0 Å². The second-order valence-electron chi connectivity index (χ2n) is 5.49. The minimum Gasteiger partial charge on any atom is -0.339 e. The Kier molecular flexibility index (Phi) is 3.87. The van der Waals surface area contributed by atoms with Crippen molar-refractivity contribution in [3.8, 4) is 0 Å². The third-order valence-corrected chi connectivity index (χ3v) is 4.16. The Hall–Kier alpha value is -2.35. The van der Waals surface area contributed by atoms with Crippen LogP contribution >= 0.6 is 0 Å². The quantitative estimate of drug-likeness (QED) is 0.837. The van der Waals surface area contributed by atoms with Gasteiger partial charge in [-0.2, -0.15) is 0 Å². The van der Waals surface area contributed by atoms with E-state index in [1.54, 1.807) is 0 Å². The Bertz CT molecular complexity index is 633. The van der Waals surface area contributed by atoms with Crippen molar-refractivity contribution in [2.75, 3.05) is 7.05 Å². The summed E-state index contributed by atoms with van der Waals surface area (Å²) < 4.78 is 0. The molecule has 1 aliphatic heterocycles. The predicted molar refractivity (Wildman–Crippen MR) is 85.8 cm³/mol. The van der Waals surface area contributed by atoms with E-state index >= 15 is 0 Å². The number of carbonyl (C=O) groups excluding carboxylic acids is 1. The highest BCUT2D eigenvalue weighted by Gasteiger charge is 2.36. The third-order valence-electron chi connectivity index (χ3n) is 4.16. The fourth-order valence-corrected chi connectivity index (χ4v) is 2.94. The van der Waals surface area contributed by atoms with Gasteiger partial charge in [0, 0.05) is 19.4 Å². The van der Waals surface area contributed by atoms with E-state index in [4.69, 9.17) is 0 Å². The standard InChI is InChI=1S/C19H19NO/c1-20-18(13-12-15-8-4-2-5-9-15)17(14-19(20)21)16-10-6-3-7-11-16/h2-13,17-18H,14H2,1H3/b13-12+/t17-,18+/m1/s1. The van der Waals surface area contributed by atoms with Gasteiger partial charge in [0.1, 0.15) is 0 Å². The average Bonchev–Trinajstić information content (AvgIpc) is 2.82. The minimum absolute atomic E-state index is 0.125. The number of likely N-dealkylation sites (tertiary alicyclic amines) is 1. The molecule has 0 radical (unpaired) electrons. The van der Waals surface area contributed by atoms with E-state index in [9.17, 15) is 4.79 Å². The lowest BCUT2D eigenvalue weighted by atomic mass is 9.91. The zero-order chi connectivity index (χ0) is 14.7. The van der Waals surface area contributed by atoms with E-state index in [1.807, 2.05) is 48.3 Å². The third kappa shape index (κ3) is 2.89. The lowest BCUT2D eigenvalue weighted by molar-refractivity contribution is -0.127. The monoisotopic (exact) mass is 277 g/mol. The first-order chi connectivity index (χ1) is 10.3. The van der Waals surface area contributed by atoms with Crippen LogP contribution in [0.1, 0.15) is 23.5 Å². The summed E-state index contributed by atoms with van der Waals surface area (Å²) in [6.45, 7) is 0. The summed E-state index contributed by atoms with van der Waals surface area (Å²) in [6, 6.07) is 20.6. The first-order valence-electron chi connectivity index (χ1n) is 7.29. The normalized spacial score (nSPS) is 22.1. The number of rotatable bonds is 3. The Morgan fingerprint density at radius 1 is 1.00 bits per heavy atom. The smallest absolute Gasteiger partial charge is 0.223 e. The van der Waals surface area contributed by atoms with Gasteiger partial charge in [-0.3, -0.25) is 4.79 Å². The van der Waals surface area contributed by atoms with Crippen LogP contribution in [0.25, 0.3) is 6.08 Å². The molecule has 0 aliphatic carbocycles. The molecule has 0 bridgehead atoms. The van der Waals surface area contributed by atoms with Gasteiger partial charge in [0.2, 0.25) is 5.91 Å². The van der Waals surface area contributed by atoms with Gasteiger partial charge in [-0.25, -0.2) is 0 Å². The molecule has 0 unspecified atom stereocenters. The summed E-state index contributed by atoms with van der Waals surface area (Å²) in [5, 5.41) is 0. The Morgan fingerprint density at radius 3 is 2.29 bits per heavy atom. The van der Waals surface area contributed by atoms with Crippen LogP contribution in [0.4, 0.5) is 0 Å². The van der Waals surface area contributed by atoms with Crippen LogP contribution < -0.4 is 0 Å². The molecule has 106 valence electrons. The first-order valence-corrected chi connectivity index (χ1v) is 7.29. The molecule has 2 heteroatoms. The molecular weight excluding hydrogens is 258 g/mol. The van der Waals surface area contributed by atoms with Crippen molar-refractivity contribution in [1.82, 2.24) is 4.90 Å². The van der Waals surface area contributed by atoms with Crippen molar-refractivity contribution in [2.24, 2.45) is 0 Å². The lowest BCUT2D eigenvalue weighted by Crippen LogP contribution is -2.29. The molecule has 21 heavy (non-hydrogen) atoms. The van der Waals surface area contributed by atoms with Gasteiger partial charge < -0.3 is 4.90 Å². The van der Waals surface area contributed by atoms with E-state index in [1.165, 1.54) is 5.56 Å². The minimum atomic E-state index is 0.125. The summed E-state index contributed by atoms with van der Waals surface area (Å²) in [6.07, 6.45) is 4.85. The van der Waals surface area contributed by atoms with Crippen molar-refractivity contribution < 1.29 is 4.79 Å². The highest BCUT2D eigenvalue weighted by Crippen LogP contribution is 2.34. The van der Waals surface area contributed by atoms with Gasteiger partial charge in [0.15, 0.2) is 0 Å². The fraction of sp³-hybridized carbons (Fsp3) is 0.211. The van der Waals surface area contributed by atoms with Crippen LogP contribution in [0.5, 0.6) is 0 Å². The van der Waals surface area contributed by atoms with E-state index < -0.39 is 0 Å². The maximum absolute atomic E-state index is 12.1. The van der Waals surface area contributed by atoms with Crippen LogP contribution in [0.2, 0.25) is 0 Å². The van der Waals surface area contributed by atoms with E-state index in [0.717, 1.165) is 5.56 Å². The van der Waals surface area contributed by atoms with Crippen molar-refractivity contribution in [1.29, 1.82) is 0 Å². The number of hydrogen-bond donors (Lipinski definition) is 0. The molecule has 2 atom stereocenters. The Labute approximate surface area is 125 Å². The number of likely N-dealkylation sites (N-methyl/N-ethyl adjacent to an activating group) is 1. The average molecular weight is 277 g/mol. The summed E-state index contributed by atoms with van der Waals surface area (Å²) in [7, 11) is 1.89. The van der Waals surface area contributed by atoms with Crippen LogP contribution in [-0.2, 0) is 4.79 Å². The van der Waals surface area contributed by atoms with E-state index in [2.05, 4.69) is 36.4 Å². The van der Waals surface area contributed by atoms with Gasteiger partial charge in [0.05, 0.1) is 6.04 Å². The number of carbonyl (C=O) groups is 1. The fourth-order valence-electron chi connectivity index (χ4n) is 2.94. The predicted octanol–water partition coefficient (Wildman–Crippen LogP) is 3.71. The molecule has 1 heterocycles. The largest absolute Gasteiger partial charge is 0.339 e. The van der Waals surface area contributed by atoms with Gasteiger partial charge in [-0.1, -0.05) is 72.8 Å². The van der Waals surface area contributed by atoms with Crippen molar-refractivity contribution >= 4 is 12.0 Å². The molecule has 1 fully saturated rings. The van der Waals surface area contributed by atoms with E-state index in [0.29, 0.717) is 6.42 Å². The molecule has 0 saturated carbocycles. The highest BCUT2D eigenvalue weighted by atomic mass is 16.2. The first kappa shape index (κ1) is 13.6. The van der Waals surface area contributed by atoms with Crippen molar-refractivity contribution in [2.45, 2.75) is 18.4 Å². The summed E-state index contributed by atoms with van der Waals surface area (Å²) >= 11 is 0. The number of hydrogen-bond acceptors (Lipinski definition) is 1. The molecule has 1 saturated heterocycles. The maximum atomic E-state index is 12.1. The van der Waals surface area contributed by atoms with Crippen LogP contribution in [0, 0.1) is 0 Å². The summed E-state index contributed by atoms with van der Waals surface area (Å²) in [4.78, 5) is 13.9. The van der Waals surface area contributed by atoms with Crippen LogP contribution in [0.15, 0.2) is 66.7 Å². The summed E-state index contributed by atoms with van der Waals surface area (Å²) in [5.41, 5.74) is 2.40. The van der Waals surface area contributed by atoms with Gasteiger partial charge >= 0.3 is 0 Å². The van der Waals surface area contributed by atoms with Crippen LogP contribution in [-0.4, -0.2) is 23.9 Å². The molecule has 0 N–H and O–H groups in total. The second-order valence-corrected chi connectivity index (χ2v) is 5.49. The number of benzene rings is 2. The van der Waals surface area contributed by atoms with Crippen molar-refractivity contribution in [3.05, 3.63) is 77.9 Å². The zero-order valence-corrected chi connectivity index (χ0v) is 12.1. The molecule has 1 aliphatic rings. The number of amides is 1. The second kappa shape index (κ2) is 5.96. The van der Waals surface area contributed by atoms with Crippen LogP contribution in [0.3, 0.4) is 0 Å². The number of nitrogens with zero attached hydrogens (tertiary/aromatic N) is 1. The summed E-state index contributed by atoms with van der Waals surface area (Å²) in [5.74, 6) is 0.454. The Morgan fingerprint density at radius 2 is 1.62 bits per heavy atom.